The van der Waals surface area contributed by atoms with Crippen LogP contribution in [0.5, 0.6) is 0 Å². The van der Waals surface area contributed by atoms with Gasteiger partial charge in [-0.1, -0.05) is 5.16 Å². The minimum absolute atomic E-state index is 0. The van der Waals surface area contributed by atoms with Gasteiger partial charge in [-0.05, 0) is 0 Å². The van der Waals surface area contributed by atoms with Crippen LogP contribution in [-0.2, 0) is 15.6 Å². The average molecular weight is 143 g/mol. The van der Waals surface area contributed by atoms with Crippen LogP contribution >= 0.6 is 12.4 Å². The molecule has 0 saturated carbocycles. The molecular weight excluding hydrogens is 140 g/mol. The number of rotatable bonds is 0. The van der Waals surface area contributed by atoms with Gasteiger partial charge in [0.05, 0.1) is 0 Å². The van der Waals surface area contributed by atoms with Crippen molar-refractivity contribution in [3.63, 3.8) is 0 Å². The van der Waals surface area contributed by atoms with Gasteiger partial charge in [0.15, 0.2) is 0 Å². The van der Waals surface area contributed by atoms with E-state index in [2.05, 4.69) is 14.2 Å². The first kappa shape index (κ1) is 6.71. The minimum Gasteiger partial charge on any atom is -0.269 e. The zero-order valence-corrected chi connectivity index (χ0v) is 4.79. The summed E-state index contributed by atoms with van der Waals surface area (Å²) < 4.78 is 16.3. The van der Waals surface area contributed by atoms with Crippen molar-refractivity contribution in [1.29, 1.82) is 0 Å². The third kappa shape index (κ3) is 1.75. The number of hydrogen-bond acceptors (Lipinski definition) is 3. The predicted octanol–water partition coefficient (Wildman–Crippen LogP) is -0.450. The second-order valence-electron chi connectivity index (χ2n) is 0.662. The Morgan fingerprint density at radius 3 is 2.71 bits per heavy atom. The molecule has 1 unspecified atom stereocenters. The molecule has 0 aromatic rings. The third-order valence-electron chi connectivity index (χ3n) is 0.312. The Bertz CT molecular complexity index is 93.9. The van der Waals surface area contributed by atoms with Crippen LogP contribution in [0.2, 0.25) is 0 Å². The van der Waals surface area contributed by atoms with Crippen LogP contribution in [0.4, 0.5) is 0 Å². The molecule has 0 aromatic carbocycles. The monoisotopic (exact) mass is 142 g/mol. The maximum absolute atomic E-state index is 9.90. The van der Waals surface area contributed by atoms with E-state index in [1.54, 1.807) is 0 Å². The Kier molecular flexibility index (Phi) is 2.70. The van der Waals surface area contributed by atoms with Gasteiger partial charge in [0, 0.05) is 0 Å². The van der Waals surface area contributed by atoms with Crippen LogP contribution in [-0.4, -0.2) is 10.5 Å². The fourth-order valence-corrected chi connectivity index (χ4v) is 0.440. The maximum Gasteiger partial charge on any atom is 0.338 e. The highest BCUT2D eigenvalue weighted by Crippen LogP contribution is 1.83. The van der Waals surface area contributed by atoms with E-state index < -0.39 is 11.3 Å². The Morgan fingerprint density at radius 1 is 1.86 bits per heavy atom. The van der Waals surface area contributed by atoms with Crippen molar-refractivity contribution in [3.8, 4) is 0 Å². The van der Waals surface area contributed by atoms with Crippen molar-refractivity contribution in [3.05, 3.63) is 0 Å². The van der Waals surface area contributed by atoms with Crippen LogP contribution in [0.1, 0.15) is 0 Å². The highest BCUT2D eigenvalue weighted by molar-refractivity contribution is 7.78. The van der Waals surface area contributed by atoms with E-state index in [1.165, 1.54) is 6.34 Å². The van der Waals surface area contributed by atoms with Gasteiger partial charge in [0.1, 0.15) is 6.34 Å². The summed E-state index contributed by atoms with van der Waals surface area (Å²) in [5.74, 6) is 0. The second-order valence-corrected chi connectivity index (χ2v) is 1.52. The molecule has 1 N–H and O–H groups in total. The molecule has 0 aliphatic carbocycles. The lowest BCUT2D eigenvalue weighted by atomic mass is 11.4. The van der Waals surface area contributed by atoms with E-state index in [-0.39, 0.29) is 12.4 Å². The topological polar surface area (TPSA) is 50.7 Å². The summed E-state index contributed by atoms with van der Waals surface area (Å²) in [6, 6.07) is 0. The SMILES string of the molecule is Cl.O=S1NC=NO1. The van der Waals surface area contributed by atoms with Crippen molar-refractivity contribution in [2.75, 3.05) is 0 Å². The van der Waals surface area contributed by atoms with Gasteiger partial charge in [-0.25, -0.2) is 0 Å². The van der Waals surface area contributed by atoms with Gasteiger partial charge in [-0.2, -0.15) is 4.21 Å². The molecule has 1 aliphatic rings. The zero-order valence-electron chi connectivity index (χ0n) is 3.16. The Hall–Kier alpha value is -0.290. The summed E-state index contributed by atoms with van der Waals surface area (Å²) >= 11 is -1.40. The van der Waals surface area contributed by atoms with E-state index in [0.29, 0.717) is 0 Å². The maximum atomic E-state index is 9.90. The molecule has 0 radical (unpaired) electrons. The molecule has 1 aliphatic heterocycles. The molecule has 42 valence electrons. The molecule has 6 heteroatoms. The highest BCUT2D eigenvalue weighted by Gasteiger charge is 1.98. The lowest BCUT2D eigenvalue weighted by Crippen LogP contribution is -2.06. The zero-order chi connectivity index (χ0) is 4.41. The van der Waals surface area contributed by atoms with Crippen LogP contribution in [0, 0.1) is 0 Å². The molecule has 0 bridgehead atoms. The summed E-state index contributed by atoms with van der Waals surface area (Å²) in [6.07, 6.45) is 1.23. The number of halogens is 1. The first-order valence-electron chi connectivity index (χ1n) is 1.27. The van der Waals surface area contributed by atoms with E-state index in [4.69, 9.17) is 0 Å². The molecule has 1 atom stereocenters. The van der Waals surface area contributed by atoms with Crippen LogP contribution in [0.15, 0.2) is 5.16 Å². The summed E-state index contributed by atoms with van der Waals surface area (Å²) in [4.78, 5) is 0. The van der Waals surface area contributed by atoms with Crippen LogP contribution in [0.3, 0.4) is 0 Å². The van der Waals surface area contributed by atoms with Gasteiger partial charge in [0.25, 0.3) is 0 Å². The van der Waals surface area contributed by atoms with Crippen LogP contribution < -0.4 is 4.72 Å². The summed E-state index contributed by atoms with van der Waals surface area (Å²) in [6.45, 7) is 0. The lowest BCUT2D eigenvalue weighted by Gasteiger charge is -1.77. The van der Waals surface area contributed by atoms with Crippen LogP contribution in [0.25, 0.3) is 0 Å². The van der Waals surface area contributed by atoms with Crippen molar-refractivity contribution in [1.82, 2.24) is 4.72 Å². The molecule has 0 aromatic heterocycles. The second kappa shape index (κ2) is 2.81. The molecule has 0 amide bonds. The molecule has 7 heavy (non-hydrogen) atoms. The van der Waals surface area contributed by atoms with E-state index >= 15 is 0 Å². The van der Waals surface area contributed by atoms with Gasteiger partial charge < -0.3 is 0 Å². The normalized spacial score (nSPS) is 24.9. The Balaban J connectivity index is 0.000000360. The minimum atomic E-state index is -1.40. The molecular formula is CH3ClN2O2S. The number of nitrogens with one attached hydrogen (secondary N) is 1. The molecule has 0 spiro atoms. The quantitative estimate of drug-likeness (QED) is 0.498. The number of nitrogens with zero attached hydrogens (tertiary/aromatic N) is 1. The van der Waals surface area contributed by atoms with E-state index in [1.807, 2.05) is 0 Å². The van der Waals surface area contributed by atoms with Gasteiger partial charge >= 0.3 is 11.3 Å². The molecule has 0 fully saturated rings. The van der Waals surface area contributed by atoms with E-state index in [0.717, 1.165) is 0 Å². The van der Waals surface area contributed by atoms with Crippen molar-refractivity contribution in [2.24, 2.45) is 5.16 Å². The van der Waals surface area contributed by atoms with Gasteiger partial charge in [-0.3, -0.25) is 9.01 Å². The van der Waals surface area contributed by atoms with Crippen molar-refractivity contribution in [2.45, 2.75) is 0 Å². The predicted molar refractivity (Wildman–Crippen MR) is 28.1 cm³/mol. The molecule has 0 saturated heterocycles. The Labute approximate surface area is 49.1 Å². The number of oxime groups is 1. The third-order valence-corrected chi connectivity index (χ3v) is 0.832. The standard InChI is InChI=1S/CH2N2O2S.ClH/c4-6-3-1-2-5-6;/h1H,(H,2,3);1H. The van der Waals surface area contributed by atoms with Gasteiger partial charge in [-0.15, -0.1) is 12.4 Å². The average Bonchev–Trinajstić information content (AvgIpc) is 1.86. The first-order chi connectivity index (χ1) is 2.89. The van der Waals surface area contributed by atoms with E-state index in [9.17, 15) is 4.21 Å². The van der Waals surface area contributed by atoms with Crippen molar-refractivity contribution >= 4 is 30.0 Å². The molecule has 4 nitrogen and oxygen atoms in total. The largest absolute Gasteiger partial charge is 0.338 e. The fourth-order valence-electron chi connectivity index (χ4n) is 0.147. The highest BCUT2D eigenvalue weighted by atomic mass is 35.5. The number of hydrogen-bond donors (Lipinski definition) is 1. The lowest BCUT2D eigenvalue weighted by molar-refractivity contribution is 0.386. The summed E-state index contributed by atoms with van der Waals surface area (Å²) in [5.41, 5.74) is 0. The molecule has 1 heterocycles. The Morgan fingerprint density at radius 2 is 2.57 bits per heavy atom. The van der Waals surface area contributed by atoms with Crippen molar-refractivity contribution < 1.29 is 8.49 Å². The summed E-state index contributed by atoms with van der Waals surface area (Å²) in [5, 5.41) is 3.13. The summed E-state index contributed by atoms with van der Waals surface area (Å²) in [7, 11) is 0. The van der Waals surface area contributed by atoms with Gasteiger partial charge in [0.2, 0.25) is 0 Å². The first-order valence-corrected chi connectivity index (χ1v) is 2.34. The molecule has 1 rings (SSSR count). The smallest absolute Gasteiger partial charge is 0.269 e. The fraction of sp³-hybridized carbons (Fsp3) is 0.